The number of benzene rings is 1. The maximum Gasteiger partial charge on any atom is 0.00943 e. The van der Waals surface area contributed by atoms with Gasteiger partial charge in [-0.05, 0) is 35.8 Å². The fourth-order valence-corrected chi connectivity index (χ4v) is 4.04. The van der Waals surface area contributed by atoms with Crippen molar-refractivity contribution in [3.05, 3.63) is 41.0 Å². The molecule has 0 bridgehead atoms. The van der Waals surface area contributed by atoms with E-state index in [1.165, 1.54) is 31.2 Å². The van der Waals surface area contributed by atoms with E-state index < -0.39 is 0 Å². The number of fused-ring (bicyclic) bond motifs is 6. The van der Waals surface area contributed by atoms with Crippen LogP contribution < -0.4 is 0 Å². The van der Waals surface area contributed by atoms with E-state index in [0.717, 1.165) is 17.8 Å². The first-order valence-corrected chi connectivity index (χ1v) is 6.25. The molecule has 3 unspecified atom stereocenters. The van der Waals surface area contributed by atoms with Gasteiger partial charge < -0.3 is 0 Å². The Morgan fingerprint density at radius 3 is 2.87 bits per heavy atom. The molecule has 0 heteroatoms. The van der Waals surface area contributed by atoms with Crippen molar-refractivity contribution in [1.82, 2.24) is 0 Å². The Morgan fingerprint density at radius 2 is 1.87 bits per heavy atom. The lowest BCUT2D eigenvalue weighted by atomic mass is 9.55. The van der Waals surface area contributed by atoms with E-state index in [1.807, 2.05) is 0 Å². The SMILES string of the molecule is C1=C2C3CCCCC3C2c2ccccc21. The van der Waals surface area contributed by atoms with Gasteiger partial charge >= 0.3 is 0 Å². The van der Waals surface area contributed by atoms with Crippen LogP contribution in [0.5, 0.6) is 0 Å². The third-order valence-electron chi connectivity index (χ3n) is 4.69. The molecule has 0 saturated heterocycles. The standard InChI is InChI=1S/C15H16/c1-2-6-11-10(5-1)9-14-12-7-3-4-8-13(12)15(11)14/h1-2,5-6,9,12-13,15H,3-4,7-8H2. The van der Waals surface area contributed by atoms with E-state index in [9.17, 15) is 0 Å². The maximum atomic E-state index is 2.48. The van der Waals surface area contributed by atoms with Crippen LogP contribution in [0.25, 0.3) is 6.08 Å². The first-order chi connectivity index (χ1) is 7.45. The van der Waals surface area contributed by atoms with Gasteiger partial charge in [-0.15, -0.1) is 0 Å². The molecular formula is C15H16. The van der Waals surface area contributed by atoms with E-state index in [0.29, 0.717) is 0 Å². The summed E-state index contributed by atoms with van der Waals surface area (Å²) in [5.41, 5.74) is 4.89. The van der Waals surface area contributed by atoms with Gasteiger partial charge in [0.05, 0.1) is 0 Å². The summed E-state index contributed by atoms with van der Waals surface area (Å²) in [7, 11) is 0. The molecule has 0 heterocycles. The van der Waals surface area contributed by atoms with Crippen LogP contribution >= 0.6 is 0 Å². The van der Waals surface area contributed by atoms with Crippen LogP contribution in [0.15, 0.2) is 29.8 Å². The summed E-state index contributed by atoms with van der Waals surface area (Å²) in [4.78, 5) is 0. The molecule has 2 fully saturated rings. The Morgan fingerprint density at radius 1 is 1.00 bits per heavy atom. The van der Waals surface area contributed by atoms with Crippen molar-refractivity contribution < 1.29 is 0 Å². The summed E-state index contributed by atoms with van der Waals surface area (Å²) in [5.74, 6) is 2.77. The van der Waals surface area contributed by atoms with Crippen molar-refractivity contribution in [2.24, 2.45) is 11.8 Å². The average molecular weight is 196 g/mol. The highest BCUT2D eigenvalue weighted by molar-refractivity contribution is 5.70. The predicted octanol–water partition coefficient (Wildman–Crippen LogP) is 3.99. The minimum absolute atomic E-state index is 0.825. The summed E-state index contributed by atoms with van der Waals surface area (Å²) >= 11 is 0. The molecule has 2 saturated carbocycles. The van der Waals surface area contributed by atoms with E-state index in [4.69, 9.17) is 0 Å². The van der Waals surface area contributed by atoms with Crippen LogP contribution in [-0.4, -0.2) is 0 Å². The third-order valence-corrected chi connectivity index (χ3v) is 4.69. The zero-order chi connectivity index (χ0) is 9.83. The minimum Gasteiger partial charge on any atom is -0.0619 e. The second-order valence-electron chi connectivity index (χ2n) is 5.31. The van der Waals surface area contributed by atoms with Gasteiger partial charge in [0.25, 0.3) is 0 Å². The Balaban J connectivity index is 1.80. The van der Waals surface area contributed by atoms with Crippen molar-refractivity contribution in [2.75, 3.05) is 0 Å². The molecule has 76 valence electrons. The van der Waals surface area contributed by atoms with Crippen molar-refractivity contribution in [1.29, 1.82) is 0 Å². The van der Waals surface area contributed by atoms with Crippen molar-refractivity contribution in [3.63, 3.8) is 0 Å². The smallest absolute Gasteiger partial charge is 0.00943 e. The monoisotopic (exact) mass is 196 g/mol. The zero-order valence-electron chi connectivity index (χ0n) is 8.95. The first kappa shape index (κ1) is 8.15. The summed E-state index contributed by atoms with van der Waals surface area (Å²) in [6.07, 6.45) is 8.34. The highest BCUT2D eigenvalue weighted by atomic mass is 14.5. The lowest BCUT2D eigenvalue weighted by Crippen LogP contribution is -2.38. The third kappa shape index (κ3) is 0.928. The molecule has 15 heavy (non-hydrogen) atoms. The Kier molecular flexibility index (Phi) is 1.49. The number of allylic oxidation sites excluding steroid dienone is 1. The molecule has 0 nitrogen and oxygen atoms in total. The van der Waals surface area contributed by atoms with Crippen molar-refractivity contribution in [2.45, 2.75) is 31.6 Å². The highest BCUT2D eigenvalue weighted by Gasteiger charge is 2.49. The summed E-state index contributed by atoms with van der Waals surface area (Å²) in [6, 6.07) is 9.00. The van der Waals surface area contributed by atoms with Crippen LogP contribution in [-0.2, 0) is 0 Å². The fraction of sp³-hybridized carbons (Fsp3) is 0.467. The molecule has 3 aliphatic rings. The van der Waals surface area contributed by atoms with E-state index in [1.54, 1.807) is 11.1 Å². The first-order valence-electron chi connectivity index (χ1n) is 6.25. The Labute approximate surface area is 91.0 Å². The van der Waals surface area contributed by atoms with Crippen LogP contribution in [0.2, 0.25) is 0 Å². The molecule has 0 spiro atoms. The van der Waals surface area contributed by atoms with Gasteiger partial charge in [-0.3, -0.25) is 0 Å². The molecule has 0 amide bonds. The predicted molar refractivity (Wildman–Crippen MR) is 62.6 cm³/mol. The van der Waals surface area contributed by atoms with Crippen LogP contribution in [0.1, 0.15) is 42.7 Å². The quantitative estimate of drug-likeness (QED) is 0.588. The van der Waals surface area contributed by atoms with Gasteiger partial charge in [0.1, 0.15) is 0 Å². The topological polar surface area (TPSA) is 0 Å². The van der Waals surface area contributed by atoms with E-state index in [-0.39, 0.29) is 0 Å². The lowest BCUT2D eigenvalue weighted by molar-refractivity contribution is 0.166. The zero-order valence-corrected chi connectivity index (χ0v) is 8.95. The van der Waals surface area contributed by atoms with Crippen LogP contribution in [0, 0.1) is 11.8 Å². The second kappa shape index (κ2) is 2.75. The van der Waals surface area contributed by atoms with Gasteiger partial charge in [0.15, 0.2) is 0 Å². The molecule has 0 aromatic heterocycles. The Hall–Kier alpha value is -1.04. The average Bonchev–Trinajstić information content (AvgIpc) is 2.60. The van der Waals surface area contributed by atoms with E-state index in [2.05, 4.69) is 30.3 Å². The molecule has 4 rings (SSSR count). The Bertz CT molecular complexity index is 441. The molecule has 3 aliphatic carbocycles. The molecule has 1 aromatic rings. The van der Waals surface area contributed by atoms with Gasteiger partial charge in [-0.25, -0.2) is 0 Å². The fourth-order valence-electron chi connectivity index (χ4n) is 4.04. The van der Waals surface area contributed by atoms with Gasteiger partial charge in [0, 0.05) is 5.92 Å². The normalized spacial score (nSPS) is 36.0. The summed E-state index contributed by atoms with van der Waals surface area (Å²) in [6.45, 7) is 0. The second-order valence-corrected chi connectivity index (χ2v) is 5.31. The van der Waals surface area contributed by atoms with Crippen LogP contribution in [0.4, 0.5) is 0 Å². The molecule has 0 aliphatic heterocycles. The number of rotatable bonds is 0. The van der Waals surface area contributed by atoms with Crippen molar-refractivity contribution in [3.8, 4) is 0 Å². The molecule has 0 N–H and O–H groups in total. The van der Waals surface area contributed by atoms with Gasteiger partial charge in [-0.1, -0.05) is 48.8 Å². The van der Waals surface area contributed by atoms with Gasteiger partial charge in [0.2, 0.25) is 0 Å². The largest absolute Gasteiger partial charge is 0.0619 e. The van der Waals surface area contributed by atoms with Crippen LogP contribution in [0.3, 0.4) is 0 Å². The molecule has 1 aromatic carbocycles. The summed E-state index contributed by atoms with van der Waals surface area (Å²) < 4.78 is 0. The van der Waals surface area contributed by atoms with E-state index >= 15 is 0 Å². The maximum absolute atomic E-state index is 2.48. The molecule has 3 atom stereocenters. The number of hydrogen-bond donors (Lipinski definition) is 0. The van der Waals surface area contributed by atoms with Gasteiger partial charge in [-0.2, -0.15) is 0 Å². The summed E-state index contributed by atoms with van der Waals surface area (Å²) in [5, 5.41) is 0. The number of hydrogen-bond acceptors (Lipinski definition) is 0. The van der Waals surface area contributed by atoms with Crippen molar-refractivity contribution >= 4 is 6.08 Å². The minimum atomic E-state index is 0.825. The molecule has 0 radical (unpaired) electrons. The lowest BCUT2D eigenvalue weighted by Gasteiger charge is -2.49. The highest BCUT2D eigenvalue weighted by Crippen LogP contribution is 2.61. The molecular weight excluding hydrogens is 180 g/mol.